The van der Waals surface area contributed by atoms with Crippen LogP contribution in [0.2, 0.25) is 0 Å². The molecule has 0 amide bonds. The maximum Gasteiger partial charge on any atom is 0.0620 e. The number of aromatic nitrogens is 4. The number of aryl methyl sites for hydroxylation is 4. The van der Waals surface area contributed by atoms with E-state index in [0.717, 1.165) is 25.7 Å². The van der Waals surface area contributed by atoms with Crippen LogP contribution in [0.25, 0.3) is 197 Å². The summed E-state index contributed by atoms with van der Waals surface area (Å²) in [6.07, 6.45) is 4.02. The third-order valence-corrected chi connectivity index (χ3v) is 24.7. The summed E-state index contributed by atoms with van der Waals surface area (Å²) < 4.78 is 10.5. The molecule has 0 atom stereocenters. The summed E-state index contributed by atoms with van der Waals surface area (Å²) >= 11 is 0. The summed E-state index contributed by atoms with van der Waals surface area (Å²) in [6, 6.07) is 83.4. The number of nitrogens with zero attached hydrogens (tertiary/aromatic N) is 4. The van der Waals surface area contributed by atoms with Gasteiger partial charge in [0.25, 0.3) is 0 Å². The maximum atomic E-state index is 2.63. The molecule has 4 nitrogen and oxygen atoms in total. The zero-order chi connectivity index (χ0) is 62.3. The number of rotatable bonds is 0. The largest absolute Gasteiger partial charge is 0.308 e. The molecule has 26 rings (SSSR count). The van der Waals surface area contributed by atoms with Gasteiger partial charge in [0.05, 0.1) is 66.2 Å². The molecular weight excluding hydrogens is 1260 g/mol. The summed E-state index contributed by atoms with van der Waals surface area (Å²) in [4.78, 5) is 0. The van der Waals surface area contributed by atoms with E-state index in [2.05, 4.69) is 264 Å². The van der Waals surface area contributed by atoms with E-state index in [4.69, 9.17) is 0 Å². The molecule has 0 unspecified atom stereocenters. The Bertz CT molecular complexity index is 7040. The SMILES string of the molecule is C.C.C.C.C.C.C.C.Cc1c2c3cccc4c5c6c(ccc5n(c2c(C)c2c1c1cccc5c7c8c(ccc7n2c51)-c1ccccc1C8)c43)-c1ccccc1C6.Cc1c2c3cccc4c5cc6c(cc5n(c2c(C)c2c1c1cccc5c7cc8c(cc7n2c51)-c1ccccc1C8)c43)-c1ccccc1C6. The minimum Gasteiger partial charge on any atom is -0.308 e. The first-order valence-electron chi connectivity index (χ1n) is 34.4. The molecule has 0 spiro atoms. The van der Waals surface area contributed by atoms with Crippen LogP contribution in [0.15, 0.2) is 218 Å². The lowest BCUT2D eigenvalue weighted by molar-refractivity contribution is 1.26. The molecule has 0 aliphatic heterocycles. The highest BCUT2D eigenvalue weighted by molar-refractivity contribution is 6.34. The molecule has 4 aliphatic rings. The van der Waals surface area contributed by atoms with Gasteiger partial charge in [-0.25, -0.2) is 0 Å². The van der Waals surface area contributed by atoms with E-state index < -0.39 is 0 Å². The Balaban J connectivity index is 0.000000143. The second-order valence-corrected chi connectivity index (χ2v) is 28.9. The van der Waals surface area contributed by atoms with Gasteiger partial charge in [-0.1, -0.05) is 241 Å². The van der Waals surface area contributed by atoms with E-state index in [9.17, 15) is 0 Å². The normalized spacial score (nSPS) is 12.8. The summed E-state index contributed by atoms with van der Waals surface area (Å²) in [6.45, 7) is 9.52. The molecule has 8 aromatic heterocycles. The van der Waals surface area contributed by atoms with Crippen molar-refractivity contribution < 1.29 is 0 Å². The van der Waals surface area contributed by atoms with Crippen molar-refractivity contribution in [3.8, 4) is 44.5 Å². The van der Waals surface area contributed by atoms with Gasteiger partial charge in [0.1, 0.15) is 0 Å². The van der Waals surface area contributed by atoms with E-state index in [1.807, 2.05) is 0 Å². The standard InChI is InChI=1S/2C46H28N2.8CH4/c1-23-41-33-15-7-13-31-37-19-27-17-25-9-3-5-11-29(25)35(27)21-39(37)47(45(31)33)43(41)24(2)44-42(23)34-16-8-14-32-38-20-28-18-26-10-4-6-12-30(26)36(28)22-40(38)48(44)46(32)34;1-23-39-31-13-7-15-33-41-35-21-25-9-3-5-11-27(25)29(35)17-19-37(41)47(45(31)33)43(39)24(2)44-40(23)32-14-8-16-34-42-36-22-26-10-4-6-12-28(26)30(36)18-20-38(42)48(44)46(32)34;;;;;;;;/h3-16,19-22H,17-18H2,1-2H3;3-20H,21-22H2,1-2H3;8*1H4. The molecule has 104 heavy (non-hydrogen) atoms. The van der Waals surface area contributed by atoms with E-state index in [-0.39, 0.29) is 59.4 Å². The van der Waals surface area contributed by atoms with Crippen molar-refractivity contribution in [1.29, 1.82) is 0 Å². The zero-order valence-electron chi connectivity index (χ0n) is 53.4. The fourth-order valence-corrected chi connectivity index (χ4v) is 21.1. The van der Waals surface area contributed by atoms with E-state index >= 15 is 0 Å². The molecule has 4 heteroatoms. The number of para-hydroxylation sites is 4. The maximum absolute atomic E-state index is 2.63. The quantitative estimate of drug-likeness (QED) is 0.144. The molecule has 4 aliphatic carbocycles. The molecule has 8 heterocycles. The second-order valence-electron chi connectivity index (χ2n) is 28.9. The molecule has 0 saturated carbocycles. The third kappa shape index (κ3) is 7.29. The van der Waals surface area contributed by atoms with Crippen LogP contribution in [-0.2, 0) is 25.7 Å². The van der Waals surface area contributed by atoms with Crippen LogP contribution in [0.1, 0.15) is 126 Å². The average Bonchev–Trinajstić information content (AvgIpc) is 1.50. The molecule has 0 radical (unpaired) electrons. The second kappa shape index (κ2) is 21.9. The van der Waals surface area contributed by atoms with Gasteiger partial charge in [0.15, 0.2) is 0 Å². The Kier molecular flexibility index (Phi) is 13.8. The van der Waals surface area contributed by atoms with E-state index in [0.29, 0.717) is 0 Å². The van der Waals surface area contributed by atoms with Gasteiger partial charge in [-0.15, -0.1) is 0 Å². The lowest BCUT2D eigenvalue weighted by atomic mass is 9.95. The predicted molar refractivity (Wildman–Crippen MR) is 457 cm³/mol. The van der Waals surface area contributed by atoms with Crippen molar-refractivity contribution in [3.63, 3.8) is 0 Å². The first-order valence-corrected chi connectivity index (χ1v) is 34.4. The summed E-state index contributed by atoms with van der Waals surface area (Å²) in [7, 11) is 0. The average molecular weight is 1350 g/mol. The Morgan fingerprint density at radius 2 is 0.471 bits per heavy atom. The van der Waals surface area contributed by atoms with Crippen molar-refractivity contribution >= 4 is 152 Å². The summed E-state index contributed by atoms with van der Waals surface area (Å²) in [5.74, 6) is 0. The van der Waals surface area contributed by atoms with Crippen LogP contribution in [0.5, 0.6) is 0 Å². The lowest BCUT2D eigenvalue weighted by Gasteiger charge is -2.11. The minimum atomic E-state index is 0. The van der Waals surface area contributed by atoms with Crippen LogP contribution in [-0.4, -0.2) is 17.6 Å². The van der Waals surface area contributed by atoms with Crippen LogP contribution in [0.4, 0.5) is 0 Å². The van der Waals surface area contributed by atoms with Gasteiger partial charge in [-0.05, 0) is 201 Å². The number of benzene rings is 14. The fraction of sp³-hybridized carbons (Fsp3) is 0.160. The number of hydrogen-bond acceptors (Lipinski definition) is 0. The molecule has 0 saturated heterocycles. The molecule has 508 valence electrons. The van der Waals surface area contributed by atoms with Crippen LogP contribution >= 0.6 is 0 Å². The van der Waals surface area contributed by atoms with Crippen molar-refractivity contribution in [2.45, 2.75) is 113 Å². The molecule has 22 aromatic rings. The van der Waals surface area contributed by atoms with Crippen molar-refractivity contribution in [2.24, 2.45) is 0 Å². The van der Waals surface area contributed by atoms with E-state index in [1.54, 1.807) is 0 Å². The smallest absolute Gasteiger partial charge is 0.0620 e. The highest BCUT2D eigenvalue weighted by Crippen LogP contribution is 2.55. The van der Waals surface area contributed by atoms with E-state index in [1.165, 1.54) is 264 Å². The molecule has 14 aromatic carbocycles. The van der Waals surface area contributed by atoms with Crippen LogP contribution in [0.3, 0.4) is 0 Å². The highest BCUT2D eigenvalue weighted by Gasteiger charge is 2.34. The van der Waals surface area contributed by atoms with Crippen molar-refractivity contribution in [1.82, 2.24) is 17.6 Å². The molecule has 0 bridgehead atoms. The Morgan fingerprint density at radius 3 is 0.817 bits per heavy atom. The Morgan fingerprint density at radius 1 is 0.192 bits per heavy atom. The van der Waals surface area contributed by atoms with Crippen LogP contribution in [0, 0.1) is 27.7 Å². The minimum absolute atomic E-state index is 0. The summed E-state index contributed by atoms with van der Waals surface area (Å²) in [5.41, 5.74) is 44.4. The predicted octanol–water partition coefficient (Wildman–Crippen LogP) is 28.6. The molecule has 0 fully saturated rings. The molecular formula is C100H88N4. The Labute approximate surface area is 608 Å². The monoisotopic (exact) mass is 1340 g/mol. The number of hydrogen-bond donors (Lipinski definition) is 0. The first-order chi connectivity index (χ1) is 47.3. The lowest BCUT2D eigenvalue weighted by Crippen LogP contribution is -1.93. The highest BCUT2D eigenvalue weighted by atomic mass is 15.0. The van der Waals surface area contributed by atoms with Gasteiger partial charge in [0, 0.05) is 86.2 Å². The third-order valence-electron chi connectivity index (χ3n) is 24.7. The van der Waals surface area contributed by atoms with Gasteiger partial charge in [-0.2, -0.15) is 0 Å². The van der Waals surface area contributed by atoms with Crippen molar-refractivity contribution in [2.75, 3.05) is 0 Å². The van der Waals surface area contributed by atoms with Crippen molar-refractivity contribution in [3.05, 3.63) is 285 Å². The van der Waals surface area contributed by atoms with Gasteiger partial charge in [-0.3, -0.25) is 0 Å². The number of fused-ring (bicyclic) bond motifs is 38. The first kappa shape index (κ1) is 65.6. The van der Waals surface area contributed by atoms with Crippen LogP contribution < -0.4 is 0 Å². The van der Waals surface area contributed by atoms with Gasteiger partial charge >= 0.3 is 0 Å². The topological polar surface area (TPSA) is 17.6 Å². The summed E-state index contributed by atoms with van der Waals surface area (Å²) in [5, 5.41) is 22.2. The zero-order valence-corrected chi connectivity index (χ0v) is 53.4. The van der Waals surface area contributed by atoms with Gasteiger partial charge < -0.3 is 17.6 Å². The Hall–Kier alpha value is -11.7. The molecule has 0 N–H and O–H groups in total. The van der Waals surface area contributed by atoms with Gasteiger partial charge in [0.2, 0.25) is 0 Å². The fourth-order valence-electron chi connectivity index (χ4n) is 21.1.